The van der Waals surface area contributed by atoms with Crippen LogP contribution in [-0.2, 0) is 6.42 Å². The van der Waals surface area contributed by atoms with E-state index < -0.39 is 5.97 Å². The number of aryl methyl sites for hydroxylation is 1. The van der Waals surface area contributed by atoms with Crippen LogP contribution >= 0.6 is 0 Å². The van der Waals surface area contributed by atoms with E-state index in [0.717, 1.165) is 12.0 Å². The summed E-state index contributed by atoms with van der Waals surface area (Å²) in [6.45, 7) is 2.01. The van der Waals surface area contributed by atoms with E-state index in [2.05, 4.69) is 6.07 Å². The van der Waals surface area contributed by atoms with Gasteiger partial charge in [0.2, 0.25) is 0 Å². The zero-order valence-electron chi connectivity index (χ0n) is 6.29. The molecule has 0 unspecified atom stereocenters. The van der Waals surface area contributed by atoms with Crippen molar-refractivity contribution in [1.82, 2.24) is 0 Å². The molecule has 0 spiro atoms. The molecule has 0 aromatic heterocycles. The lowest BCUT2D eigenvalue weighted by Gasteiger charge is -1.95. The third-order valence-corrected chi connectivity index (χ3v) is 1.50. The van der Waals surface area contributed by atoms with Crippen molar-refractivity contribution in [2.45, 2.75) is 13.3 Å². The lowest BCUT2D eigenvalue weighted by Crippen LogP contribution is -1.95. The molecule has 1 N–H and O–H groups in total. The molecule has 2 heteroatoms. The average molecular weight is 149 g/mol. The van der Waals surface area contributed by atoms with Gasteiger partial charge in [0.15, 0.2) is 0 Å². The fourth-order valence-electron chi connectivity index (χ4n) is 0.810. The van der Waals surface area contributed by atoms with Crippen LogP contribution in [0.3, 0.4) is 0 Å². The maximum absolute atomic E-state index is 10.4. The zero-order valence-corrected chi connectivity index (χ0v) is 6.29. The maximum atomic E-state index is 10.4. The van der Waals surface area contributed by atoms with Gasteiger partial charge in [0.25, 0.3) is 0 Å². The van der Waals surface area contributed by atoms with Crippen LogP contribution in [0.4, 0.5) is 0 Å². The van der Waals surface area contributed by atoms with Gasteiger partial charge in [0.1, 0.15) is 0 Å². The monoisotopic (exact) mass is 149 g/mol. The molecular formula is C9H9O2. The van der Waals surface area contributed by atoms with E-state index >= 15 is 0 Å². The number of carboxylic acid groups (broad SMARTS) is 1. The Balaban J connectivity index is 2.91. The molecule has 11 heavy (non-hydrogen) atoms. The first-order valence-corrected chi connectivity index (χ1v) is 3.48. The van der Waals surface area contributed by atoms with Crippen molar-refractivity contribution in [3.63, 3.8) is 0 Å². The number of carbonyl (C=O) groups is 1. The van der Waals surface area contributed by atoms with E-state index in [-0.39, 0.29) is 0 Å². The molecule has 0 aliphatic rings. The number of benzene rings is 1. The molecular weight excluding hydrogens is 140 g/mol. The van der Waals surface area contributed by atoms with Gasteiger partial charge in [-0.3, -0.25) is 0 Å². The largest absolute Gasteiger partial charge is 0.478 e. The molecule has 0 aliphatic heterocycles. The SMILES string of the molecule is CCc1[c]cc(C(=O)O)cc1. The van der Waals surface area contributed by atoms with Crippen molar-refractivity contribution in [2.24, 2.45) is 0 Å². The van der Waals surface area contributed by atoms with Crippen molar-refractivity contribution < 1.29 is 9.90 Å². The fourth-order valence-corrected chi connectivity index (χ4v) is 0.810. The Kier molecular flexibility index (Phi) is 2.26. The standard InChI is InChI=1S/C9H9O2/c1-2-7-3-5-8(6-4-7)9(10)11/h3,5-6H,2H2,1H3,(H,10,11). The van der Waals surface area contributed by atoms with Crippen LogP contribution in [0.15, 0.2) is 18.2 Å². The van der Waals surface area contributed by atoms with Crippen LogP contribution in [0.5, 0.6) is 0 Å². The van der Waals surface area contributed by atoms with Gasteiger partial charge in [0.05, 0.1) is 5.56 Å². The van der Waals surface area contributed by atoms with Gasteiger partial charge in [-0.15, -0.1) is 0 Å². The van der Waals surface area contributed by atoms with E-state index in [4.69, 9.17) is 5.11 Å². The molecule has 0 bridgehead atoms. The van der Waals surface area contributed by atoms with Crippen LogP contribution in [0.1, 0.15) is 22.8 Å². The summed E-state index contributed by atoms with van der Waals surface area (Å²) in [5.74, 6) is -0.899. The van der Waals surface area contributed by atoms with Crippen molar-refractivity contribution in [3.05, 3.63) is 35.4 Å². The predicted octanol–water partition coefficient (Wildman–Crippen LogP) is 1.75. The quantitative estimate of drug-likeness (QED) is 0.695. The summed E-state index contributed by atoms with van der Waals surface area (Å²) in [5.41, 5.74) is 1.33. The fraction of sp³-hybridized carbons (Fsp3) is 0.222. The summed E-state index contributed by atoms with van der Waals surface area (Å²) in [7, 11) is 0. The van der Waals surface area contributed by atoms with E-state index in [9.17, 15) is 4.79 Å². The minimum atomic E-state index is -0.899. The second-order valence-corrected chi connectivity index (χ2v) is 2.26. The van der Waals surface area contributed by atoms with E-state index in [0.29, 0.717) is 5.56 Å². The van der Waals surface area contributed by atoms with Crippen molar-refractivity contribution in [3.8, 4) is 0 Å². The van der Waals surface area contributed by atoms with Gasteiger partial charge in [-0.2, -0.15) is 0 Å². The summed E-state index contributed by atoms with van der Waals surface area (Å²) < 4.78 is 0. The van der Waals surface area contributed by atoms with Crippen LogP contribution < -0.4 is 0 Å². The molecule has 2 nitrogen and oxygen atoms in total. The minimum Gasteiger partial charge on any atom is -0.478 e. The maximum Gasteiger partial charge on any atom is 0.335 e. The molecule has 0 saturated carbocycles. The third kappa shape index (κ3) is 1.80. The highest BCUT2D eigenvalue weighted by molar-refractivity contribution is 5.87. The molecule has 57 valence electrons. The Morgan fingerprint density at radius 3 is 2.73 bits per heavy atom. The average Bonchev–Trinajstić information content (AvgIpc) is 2.05. The Morgan fingerprint density at radius 2 is 2.36 bits per heavy atom. The van der Waals surface area contributed by atoms with Crippen molar-refractivity contribution in [1.29, 1.82) is 0 Å². The molecule has 0 heterocycles. The molecule has 1 rings (SSSR count). The highest BCUT2D eigenvalue weighted by Gasteiger charge is 1.99. The summed E-state index contributed by atoms with van der Waals surface area (Å²) in [5, 5.41) is 8.53. The first-order chi connectivity index (χ1) is 5.24. The topological polar surface area (TPSA) is 37.3 Å². The number of rotatable bonds is 2. The van der Waals surface area contributed by atoms with Crippen LogP contribution in [0, 0.1) is 6.07 Å². The van der Waals surface area contributed by atoms with E-state index in [1.165, 1.54) is 6.07 Å². The highest BCUT2D eigenvalue weighted by atomic mass is 16.4. The lowest BCUT2D eigenvalue weighted by molar-refractivity contribution is 0.0697. The van der Waals surface area contributed by atoms with Gasteiger partial charge in [0, 0.05) is 0 Å². The first-order valence-electron chi connectivity index (χ1n) is 3.48. The number of carboxylic acids is 1. The van der Waals surface area contributed by atoms with Crippen LogP contribution in [0.25, 0.3) is 0 Å². The van der Waals surface area contributed by atoms with Gasteiger partial charge in [-0.05, 0) is 30.2 Å². The Hall–Kier alpha value is -1.31. The second kappa shape index (κ2) is 3.19. The van der Waals surface area contributed by atoms with Crippen LogP contribution in [0.2, 0.25) is 0 Å². The molecule has 1 aromatic carbocycles. The van der Waals surface area contributed by atoms with Crippen molar-refractivity contribution >= 4 is 5.97 Å². The summed E-state index contributed by atoms with van der Waals surface area (Å²) >= 11 is 0. The van der Waals surface area contributed by atoms with Gasteiger partial charge >= 0.3 is 5.97 Å². The minimum absolute atomic E-state index is 0.294. The van der Waals surface area contributed by atoms with Gasteiger partial charge in [-0.1, -0.05) is 13.0 Å². The molecule has 1 aromatic rings. The Labute approximate surface area is 65.5 Å². The molecule has 0 fully saturated rings. The first kappa shape index (κ1) is 7.79. The molecule has 0 amide bonds. The summed E-state index contributed by atoms with van der Waals surface area (Å²) in [6.07, 6.45) is 0.889. The molecule has 0 atom stereocenters. The van der Waals surface area contributed by atoms with E-state index in [1.54, 1.807) is 12.1 Å². The highest BCUT2D eigenvalue weighted by Crippen LogP contribution is 2.03. The van der Waals surface area contributed by atoms with Crippen LogP contribution in [-0.4, -0.2) is 11.1 Å². The normalized spacial score (nSPS) is 9.55. The molecule has 1 radical (unpaired) electrons. The van der Waals surface area contributed by atoms with Gasteiger partial charge in [-0.25, -0.2) is 4.79 Å². The second-order valence-electron chi connectivity index (χ2n) is 2.26. The van der Waals surface area contributed by atoms with E-state index in [1.807, 2.05) is 6.92 Å². The van der Waals surface area contributed by atoms with Crippen molar-refractivity contribution in [2.75, 3.05) is 0 Å². The Morgan fingerprint density at radius 1 is 1.64 bits per heavy atom. The summed E-state index contributed by atoms with van der Waals surface area (Å²) in [4.78, 5) is 10.4. The number of hydrogen-bond acceptors (Lipinski definition) is 1. The van der Waals surface area contributed by atoms with Gasteiger partial charge < -0.3 is 5.11 Å². The molecule has 0 aliphatic carbocycles. The number of hydrogen-bond donors (Lipinski definition) is 1. The third-order valence-electron chi connectivity index (χ3n) is 1.50. The Bertz CT molecular complexity index is 249. The smallest absolute Gasteiger partial charge is 0.335 e. The molecule has 0 saturated heterocycles. The predicted molar refractivity (Wildman–Crippen MR) is 41.6 cm³/mol. The summed E-state index contributed by atoms with van der Waals surface area (Å²) in [6, 6.07) is 7.76. The number of aromatic carboxylic acids is 1. The lowest BCUT2D eigenvalue weighted by atomic mass is 10.1. The zero-order chi connectivity index (χ0) is 8.27.